The lowest BCUT2D eigenvalue weighted by molar-refractivity contribution is -0.115. The molecule has 35 heavy (non-hydrogen) atoms. The molecule has 8 nitrogen and oxygen atoms in total. The van der Waals surface area contributed by atoms with E-state index in [1.165, 1.54) is 5.69 Å². The average Bonchev–Trinajstić information content (AvgIpc) is 3.39. The van der Waals surface area contributed by atoms with Gasteiger partial charge in [-0.2, -0.15) is 0 Å². The highest BCUT2D eigenvalue weighted by atomic mass is 16.5. The maximum absolute atomic E-state index is 12.5. The number of nitrogens with zero attached hydrogens (tertiary/aromatic N) is 4. The lowest BCUT2D eigenvalue weighted by Gasteiger charge is -2.57. The van der Waals surface area contributed by atoms with E-state index in [1.807, 2.05) is 30.6 Å². The van der Waals surface area contributed by atoms with Crippen LogP contribution in [0.1, 0.15) is 32.0 Å². The van der Waals surface area contributed by atoms with Crippen LogP contribution in [0.2, 0.25) is 0 Å². The quantitative estimate of drug-likeness (QED) is 0.460. The van der Waals surface area contributed by atoms with Crippen LogP contribution in [0.15, 0.2) is 59.4 Å². The molecule has 0 atom stereocenters. The van der Waals surface area contributed by atoms with E-state index in [2.05, 4.69) is 69.2 Å². The van der Waals surface area contributed by atoms with Gasteiger partial charge in [-0.3, -0.25) is 14.7 Å². The minimum Gasteiger partial charge on any atom is -0.370 e. The van der Waals surface area contributed by atoms with Crippen LogP contribution in [0.5, 0.6) is 0 Å². The highest BCUT2D eigenvalue weighted by Crippen LogP contribution is 2.38. The third kappa shape index (κ3) is 4.08. The zero-order chi connectivity index (χ0) is 24.2. The lowest BCUT2D eigenvalue weighted by atomic mass is 9.74. The van der Waals surface area contributed by atoms with Crippen LogP contribution < -0.4 is 15.5 Å². The minimum absolute atomic E-state index is 0.132. The summed E-state index contributed by atoms with van der Waals surface area (Å²) < 4.78 is 7.35. The first kappa shape index (κ1) is 21.9. The Morgan fingerprint density at radius 1 is 1.09 bits per heavy atom. The SMILES string of the molecule is CC(C)(C)c1cc(NC(=O)Cc2ccc(-n3cnc4cc(N5CC6(CNC6)C5)ccc43)cc2)on1. The standard InChI is InChI=1S/C27H30N6O2/c1-26(2,3)23-12-25(35-31-23)30-24(34)10-18-4-6-19(7-5-18)33-17-29-21-11-20(8-9-22(21)33)32-15-27(16-32)13-28-14-27/h4-9,11-12,17,28H,10,13-16H2,1-3H3,(H,30,34). The molecule has 2 aromatic heterocycles. The minimum atomic E-state index is -0.138. The maximum atomic E-state index is 12.5. The van der Waals surface area contributed by atoms with Gasteiger partial charge in [0.1, 0.15) is 6.33 Å². The van der Waals surface area contributed by atoms with Gasteiger partial charge < -0.3 is 14.7 Å². The molecule has 2 aliphatic heterocycles. The van der Waals surface area contributed by atoms with Gasteiger partial charge in [0.15, 0.2) is 0 Å². The van der Waals surface area contributed by atoms with Crippen molar-refractivity contribution in [3.8, 4) is 5.69 Å². The zero-order valence-electron chi connectivity index (χ0n) is 20.3. The summed E-state index contributed by atoms with van der Waals surface area (Å²) in [5, 5.41) is 10.2. The molecule has 2 aromatic carbocycles. The maximum Gasteiger partial charge on any atom is 0.231 e. The molecule has 0 saturated carbocycles. The monoisotopic (exact) mass is 470 g/mol. The van der Waals surface area contributed by atoms with Gasteiger partial charge in [-0.05, 0) is 35.9 Å². The fourth-order valence-corrected chi connectivity index (χ4v) is 4.88. The molecule has 6 rings (SSSR count). The van der Waals surface area contributed by atoms with E-state index in [-0.39, 0.29) is 17.7 Å². The zero-order valence-corrected chi connectivity index (χ0v) is 20.3. The Balaban J connectivity index is 1.12. The second kappa shape index (κ2) is 7.95. The first-order valence-corrected chi connectivity index (χ1v) is 12.1. The molecule has 2 saturated heterocycles. The number of anilines is 2. The van der Waals surface area contributed by atoms with Crippen LogP contribution in [-0.4, -0.2) is 46.8 Å². The predicted molar refractivity (Wildman–Crippen MR) is 136 cm³/mol. The van der Waals surface area contributed by atoms with E-state index in [9.17, 15) is 4.79 Å². The van der Waals surface area contributed by atoms with Crippen LogP contribution in [0.4, 0.5) is 11.6 Å². The van der Waals surface area contributed by atoms with Gasteiger partial charge in [0.05, 0.1) is 23.1 Å². The summed E-state index contributed by atoms with van der Waals surface area (Å²) in [6.07, 6.45) is 2.12. The van der Waals surface area contributed by atoms with Crippen molar-refractivity contribution in [1.29, 1.82) is 0 Å². The molecule has 8 heteroatoms. The molecule has 1 amide bonds. The van der Waals surface area contributed by atoms with Crippen molar-refractivity contribution in [3.63, 3.8) is 0 Å². The summed E-state index contributed by atoms with van der Waals surface area (Å²) in [6.45, 7) is 10.7. The summed E-state index contributed by atoms with van der Waals surface area (Å²) in [5.41, 5.74) is 6.40. The summed E-state index contributed by atoms with van der Waals surface area (Å²) >= 11 is 0. The molecule has 2 N–H and O–H groups in total. The van der Waals surface area contributed by atoms with Crippen LogP contribution in [-0.2, 0) is 16.6 Å². The van der Waals surface area contributed by atoms with Crippen molar-refractivity contribution in [2.45, 2.75) is 32.6 Å². The lowest BCUT2D eigenvalue weighted by Crippen LogP contribution is -2.71. The number of benzene rings is 2. The van der Waals surface area contributed by atoms with E-state index >= 15 is 0 Å². The van der Waals surface area contributed by atoms with E-state index in [4.69, 9.17) is 4.52 Å². The number of fused-ring (bicyclic) bond motifs is 1. The number of hydrogen-bond acceptors (Lipinski definition) is 6. The van der Waals surface area contributed by atoms with Crippen molar-refractivity contribution in [2.75, 3.05) is 36.4 Å². The van der Waals surface area contributed by atoms with Crippen molar-refractivity contribution >= 4 is 28.5 Å². The summed E-state index contributed by atoms with van der Waals surface area (Å²) in [7, 11) is 0. The van der Waals surface area contributed by atoms with Crippen molar-refractivity contribution in [3.05, 3.63) is 66.1 Å². The van der Waals surface area contributed by atoms with Gasteiger partial charge >= 0.3 is 0 Å². The number of aromatic nitrogens is 3. The van der Waals surface area contributed by atoms with Crippen LogP contribution in [0.3, 0.4) is 0 Å². The Hall–Kier alpha value is -3.65. The first-order chi connectivity index (χ1) is 16.8. The van der Waals surface area contributed by atoms with Crippen molar-refractivity contribution in [1.82, 2.24) is 20.0 Å². The van der Waals surface area contributed by atoms with E-state index < -0.39 is 0 Å². The largest absolute Gasteiger partial charge is 0.370 e. The second-order valence-electron chi connectivity index (χ2n) is 11.0. The van der Waals surface area contributed by atoms with Gasteiger partial charge in [0.2, 0.25) is 11.8 Å². The topological polar surface area (TPSA) is 88.2 Å². The van der Waals surface area contributed by atoms with E-state index in [0.29, 0.717) is 11.3 Å². The second-order valence-corrected chi connectivity index (χ2v) is 11.0. The molecule has 1 spiro atoms. The van der Waals surface area contributed by atoms with Gasteiger partial charge in [-0.15, -0.1) is 0 Å². The van der Waals surface area contributed by atoms with Gasteiger partial charge in [-0.1, -0.05) is 38.1 Å². The van der Waals surface area contributed by atoms with Crippen LogP contribution in [0, 0.1) is 5.41 Å². The molecule has 0 aliphatic carbocycles. The molecular weight excluding hydrogens is 440 g/mol. The number of hydrogen-bond donors (Lipinski definition) is 2. The van der Waals surface area contributed by atoms with Crippen molar-refractivity contribution < 1.29 is 9.32 Å². The normalized spacial score (nSPS) is 16.8. The Morgan fingerprint density at radius 2 is 1.83 bits per heavy atom. The van der Waals surface area contributed by atoms with E-state index in [1.54, 1.807) is 6.07 Å². The molecule has 0 bridgehead atoms. The Morgan fingerprint density at radius 3 is 2.49 bits per heavy atom. The summed E-state index contributed by atoms with van der Waals surface area (Å²) in [4.78, 5) is 19.6. The highest BCUT2D eigenvalue weighted by molar-refractivity contribution is 5.91. The molecule has 2 aliphatic rings. The first-order valence-electron chi connectivity index (χ1n) is 12.1. The number of imidazole rings is 1. The number of rotatable bonds is 5. The van der Waals surface area contributed by atoms with Gasteiger partial charge in [0.25, 0.3) is 0 Å². The molecular formula is C27H30N6O2. The Kier molecular flexibility index (Phi) is 4.96. The molecule has 4 heterocycles. The van der Waals surface area contributed by atoms with Crippen molar-refractivity contribution in [2.24, 2.45) is 5.41 Å². The molecule has 0 unspecified atom stereocenters. The van der Waals surface area contributed by atoms with Gasteiger partial charge in [0, 0.05) is 54.5 Å². The molecule has 4 aromatic rings. The predicted octanol–water partition coefficient (Wildman–Crippen LogP) is 3.90. The summed E-state index contributed by atoms with van der Waals surface area (Å²) in [5.74, 6) is 0.235. The molecule has 2 fully saturated rings. The highest BCUT2D eigenvalue weighted by Gasteiger charge is 2.47. The Labute approximate surface area is 204 Å². The number of carbonyl (C=O) groups is 1. The van der Waals surface area contributed by atoms with Crippen LogP contribution in [0.25, 0.3) is 16.7 Å². The average molecular weight is 471 g/mol. The third-order valence-electron chi connectivity index (χ3n) is 7.07. The smallest absolute Gasteiger partial charge is 0.231 e. The van der Waals surface area contributed by atoms with Crippen LogP contribution >= 0.6 is 0 Å². The fraction of sp³-hybridized carbons (Fsp3) is 0.370. The molecule has 180 valence electrons. The number of amides is 1. The van der Waals surface area contributed by atoms with E-state index in [0.717, 1.165) is 54.2 Å². The fourth-order valence-electron chi connectivity index (χ4n) is 4.88. The third-order valence-corrected chi connectivity index (χ3v) is 7.07. The number of carbonyl (C=O) groups excluding carboxylic acids is 1. The molecule has 0 radical (unpaired) electrons. The Bertz CT molecular complexity index is 1380. The van der Waals surface area contributed by atoms with Gasteiger partial charge in [-0.25, -0.2) is 4.98 Å². The number of nitrogens with one attached hydrogen (secondary N) is 2. The summed E-state index contributed by atoms with van der Waals surface area (Å²) in [6, 6.07) is 16.3.